The minimum atomic E-state index is -0.665. The summed E-state index contributed by atoms with van der Waals surface area (Å²) in [5.41, 5.74) is 5.00. The number of carbonyl (C=O) groups is 1. The maximum atomic E-state index is 13.2. The van der Waals surface area contributed by atoms with Gasteiger partial charge in [0.1, 0.15) is 11.6 Å². The molecule has 1 amide bonds. The fraction of sp³-hybridized carbons (Fsp3) is 0.650. The van der Waals surface area contributed by atoms with Crippen molar-refractivity contribution < 1.29 is 4.79 Å². The Bertz CT molecular complexity index is 1040. The monoisotopic (exact) mass is 451 g/mol. The lowest BCUT2D eigenvalue weighted by Crippen LogP contribution is -2.43. The number of nitrogens with zero attached hydrogens (tertiary/aromatic N) is 5. The summed E-state index contributed by atoms with van der Waals surface area (Å²) in [6.07, 6.45) is 0. The Morgan fingerprint density at radius 3 is 2.29 bits per heavy atom. The Morgan fingerprint density at radius 2 is 1.77 bits per heavy atom. The van der Waals surface area contributed by atoms with Crippen molar-refractivity contribution >= 4 is 29.2 Å². The first-order valence-corrected chi connectivity index (χ1v) is 11.4. The third-order valence-corrected chi connectivity index (χ3v) is 5.60. The highest BCUT2D eigenvalue weighted by molar-refractivity contribution is 7.99. The van der Waals surface area contributed by atoms with Crippen LogP contribution in [0.15, 0.2) is 14.7 Å². The molecule has 172 valence electrons. The lowest BCUT2D eigenvalue weighted by atomic mass is 10.2. The van der Waals surface area contributed by atoms with Gasteiger partial charge in [-0.25, -0.2) is 4.79 Å². The van der Waals surface area contributed by atoms with Gasteiger partial charge in [0.05, 0.1) is 5.75 Å². The van der Waals surface area contributed by atoms with E-state index in [-0.39, 0.29) is 40.9 Å². The number of hydrogen-bond acceptors (Lipinski definition) is 7. The number of amides is 1. The number of aromatic amines is 1. The normalized spacial score (nSPS) is 11.7. The van der Waals surface area contributed by atoms with Crippen molar-refractivity contribution in [1.82, 2.24) is 24.3 Å². The van der Waals surface area contributed by atoms with Crippen molar-refractivity contribution in [2.24, 2.45) is 18.9 Å². The highest BCUT2D eigenvalue weighted by atomic mass is 32.2. The summed E-state index contributed by atoms with van der Waals surface area (Å²) in [6.45, 7) is 12.4. The van der Waals surface area contributed by atoms with Gasteiger partial charge in [0.25, 0.3) is 5.56 Å². The molecular formula is C20H33N7O3S. The second-order valence-corrected chi connectivity index (χ2v) is 9.68. The fourth-order valence-corrected chi connectivity index (χ4v) is 4.02. The molecule has 3 N–H and O–H groups in total. The average molecular weight is 452 g/mol. The summed E-state index contributed by atoms with van der Waals surface area (Å²) in [5.74, 6) is 1.02. The van der Waals surface area contributed by atoms with Gasteiger partial charge in [0.15, 0.2) is 10.8 Å². The van der Waals surface area contributed by atoms with Crippen LogP contribution in [0.4, 0.5) is 11.5 Å². The third kappa shape index (κ3) is 5.78. The number of nitrogens with two attached hydrogens (primary N) is 1. The SMILES string of the molecule is CC(C)CN(C(=O)CSc1nnc(C(C)C)n1C)c1c(N)n(CC(C)C)c(=O)[nH]c1=O. The van der Waals surface area contributed by atoms with Gasteiger partial charge in [0, 0.05) is 26.1 Å². The number of carbonyl (C=O) groups excluding carboxylic acids is 1. The van der Waals surface area contributed by atoms with Crippen molar-refractivity contribution in [3.05, 3.63) is 26.7 Å². The van der Waals surface area contributed by atoms with Crippen LogP contribution in [-0.4, -0.2) is 42.5 Å². The van der Waals surface area contributed by atoms with E-state index in [4.69, 9.17) is 5.73 Å². The Morgan fingerprint density at radius 1 is 1.13 bits per heavy atom. The number of thioether (sulfide) groups is 1. The summed E-state index contributed by atoms with van der Waals surface area (Å²) in [6, 6.07) is 0. The number of H-pyrrole nitrogens is 1. The van der Waals surface area contributed by atoms with E-state index < -0.39 is 11.2 Å². The van der Waals surface area contributed by atoms with Gasteiger partial charge < -0.3 is 15.2 Å². The van der Waals surface area contributed by atoms with Gasteiger partial charge >= 0.3 is 5.69 Å². The van der Waals surface area contributed by atoms with Crippen molar-refractivity contribution in [1.29, 1.82) is 0 Å². The maximum absolute atomic E-state index is 13.2. The van der Waals surface area contributed by atoms with Gasteiger partial charge in [-0.3, -0.25) is 19.1 Å². The van der Waals surface area contributed by atoms with Crippen molar-refractivity contribution in [2.45, 2.75) is 59.2 Å². The smallest absolute Gasteiger partial charge is 0.330 e. The molecule has 11 heteroatoms. The van der Waals surface area contributed by atoms with Gasteiger partial charge in [-0.1, -0.05) is 53.3 Å². The van der Waals surface area contributed by atoms with Gasteiger partial charge in [-0.2, -0.15) is 0 Å². The molecule has 0 aliphatic carbocycles. The molecule has 10 nitrogen and oxygen atoms in total. The molecule has 0 fully saturated rings. The Kier molecular flexibility index (Phi) is 8.10. The van der Waals surface area contributed by atoms with Crippen LogP contribution in [0.3, 0.4) is 0 Å². The van der Waals surface area contributed by atoms with E-state index in [0.717, 1.165) is 5.82 Å². The zero-order chi connectivity index (χ0) is 23.5. The number of aromatic nitrogens is 5. The molecule has 31 heavy (non-hydrogen) atoms. The summed E-state index contributed by atoms with van der Waals surface area (Å²) in [7, 11) is 1.86. The molecule has 0 aromatic carbocycles. The first-order valence-electron chi connectivity index (χ1n) is 10.4. The van der Waals surface area contributed by atoms with Crippen LogP contribution in [-0.2, 0) is 18.4 Å². The minimum absolute atomic E-state index is 0.00204. The molecule has 0 spiro atoms. The first-order chi connectivity index (χ1) is 14.4. The standard InChI is InChI=1S/C20H33N7O3S/c1-11(2)8-26(14(28)10-31-20-24-23-17(13(5)6)25(20)7)15-16(21)27(9-12(3)4)19(30)22-18(15)29/h11-13H,8-10,21H2,1-7H3,(H,22,29,30). The van der Waals surface area contributed by atoms with E-state index in [2.05, 4.69) is 15.2 Å². The van der Waals surface area contributed by atoms with E-state index in [9.17, 15) is 14.4 Å². The van der Waals surface area contributed by atoms with E-state index in [1.807, 2.05) is 53.2 Å². The third-order valence-electron chi connectivity index (χ3n) is 4.59. The molecule has 0 unspecified atom stereocenters. The van der Waals surface area contributed by atoms with Crippen molar-refractivity contribution in [2.75, 3.05) is 22.9 Å². The topological polar surface area (TPSA) is 132 Å². The summed E-state index contributed by atoms with van der Waals surface area (Å²) >= 11 is 1.25. The number of rotatable bonds is 9. The molecule has 2 aromatic rings. The second kappa shape index (κ2) is 10.2. The molecule has 0 aliphatic heterocycles. The molecule has 0 atom stereocenters. The van der Waals surface area contributed by atoms with Crippen molar-refractivity contribution in [3.63, 3.8) is 0 Å². The quantitative estimate of drug-likeness (QED) is 0.556. The van der Waals surface area contributed by atoms with Crippen LogP contribution >= 0.6 is 11.8 Å². The zero-order valence-corrected chi connectivity index (χ0v) is 20.1. The van der Waals surface area contributed by atoms with E-state index in [0.29, 0.717) is 18.2 Å². The number of nitrogen functional groups attached to an aromatic ring is 1. The van der Waals surface area contributed by atoms with Gasteiger partial charge in [0.2, 0.25) is 5.91 Å². The Hall–Kier alpha value is -2.56. The van der Waals surface area contributed by atoms with Crippen LogP contribution in [0.25, 0.3) is 0 Å². The van der Waals surface area contributed by atoms with Crippen LogP contribution in [0.2, 0.25) is 0 Å². The lowest BCUT2D eigenvalue weighted by molar-refractivity contribution is -0.116. The van der Waals surface area contributed by atoms with Crippen molar-refractivity contribution in [3.8, 4) is 0 Å². The van der Waals surface area contributed by atoms with E-state index in [1.54, 1.807) is 0 Å². The minimum Gasteiger partial charge on any atom is -0.383 e. The van der Waals surface area contributed by atoms with E-state index in [1.165, 1.54) is 21.2 Å². The van der Waals surface area contributed by atoms with Gasteiger partial charge in [-0.05, 0) is 11.8 Å². The summed E-state index contributed by atoms with van der Waals surface area (Å²) < 4.78 is 3.17. The highest BCUT2D eigenvalue weighted by Gasteiger charge is 2.26. The van der Waals surface area contributed by atoms with Crippen LogP contribution in [0.1, 0.15) is 53.3 Å². The Labute approximate surface area is 186 Å². The van der Waals surface area contributed by atoms with Crippen LogP contribution in [0, 0.1) is 11.8 Å². The molecule has 2 heterocycles. The van der Waals surface area contributed by atoms with Crippen LogP contribution in [0.5, 0.6) is 0 Å². The molecule has 0 bridgehead atoms. The summed E-state index contributed by atoms with van der Waals surface area (Å²) in [4.78, 5) is 41.8. The zero-order valence-electron chi connectivity index (χ0n) is 19.3. The predicted molar refractivity (Wildman–Crippen MR) is 124 cm³/mol. The summed E-state index contributed by atoms with van der Waals surface area (Å²) in [5, 5.41) is 8.96. The first kappa shape index (κ1) is 24.7. The lowest BCUT2D eigenvalue weighted by Gasteiger charge is -2.26. The average Bonchev–Trinajstić information content (AvgIpc) is 3.02. The highest BCUT2D eigenvalue weighted by Crippen LogP contribution is 2.23. The molecule has 0 saturated carbocycles. The number of nitrogens with one attached hydrogen (secondary N) is 1. The molecule has 0 radical (unpaired) electrons. The molecule has 2 rings (SSSR count). The van der Waals surface area contributed by atoms with Crippen LogP contribution < -0.4 is 21.9 Å². The maximum Gasteiger partial charge on any atom is 0.330 e. The molecular weight excluding hydrogens is 418 g/mol. The fourth-order valence-electron chi connectivity index (χ4n) is 3.23. The second-order valence-electron chi connectivity index (χ2n) is 8.74. The van der Waals surface area contributed by atoms with E-state index >= 15 is 0 Å². The molecule has 0 saturated heterocycles. The molecule has 2 aromatic heterocycles. The Balaban J connectivity index is 2.39. The molecule has 0 aliphatic rings. The number of hydrogen-bond donors (Lipinski definition) is 2. The largest absolute Gasteiger partial charge is 0.383 e. The number of anilines is 2. The van der Waals surface area contributed by atoms with Gasteiger partial charge in [-0.15, -0.1) is 10.2 Å². The predicted octanol–water partition coefficient (Wildman–Crippen LogP) is 1.81.